The fraction of sp³-hybridized carbons (Fsp3) is 0.769. The van der Waals surface area contributed by atoms with Crippen LogP contribution in [0, 0.1) is 16.3 Å². The second-order valence-electron chi connectivity index (χ2n) is 6.11. The first-order chi connectivity index (χ1) is 10.5. The maximum atomic E-state index is 12.8. The summed E-state index contributed by atoms with van der Waals surface area (Å²) in [5.74, 6) is -0.415. The van der Waals surface area contributed by atoms with Crippen LogP contribution < -0.4 is 4.90 Å². The number of aliphatic hydroxyl groups is 1. The van der Waals surface area contributed by atoms with E-state index in [1.54, 1.807) is 0 Å². The van der Waals surface area contributed by atoms with Crippen molar-refractivity contribution in [3.05, 3.63) is 21.8 Å². The summed E-state index contributed by atoms with van der Waals surface area (Å²) in [7, 11) is 0. The Morgan fingerprint density at radius 1 is 1.32 bits per heavy atom. The van der Waals surface area contributed by atoms with Crippen molar-refractivity contribution in [2.75, 3.05) is 26.3 Å². The lowest BCUT2D eigenvalue weighted by molar-refractivity contribution is -0.808. The monoisotopic (exact) mass is 310 g/mol. The van der Waals surface area contributed by atoms with Crippen molar-refractivity contribution >= 4 is 5.71 Å². The minimum atomic E-state index is -1.53. The van der Waals surface area contributed by atoms with Gasteiger partial charge in [-0.1, -0.05) is 6.92 Å². The molecule has 9 heteroatoms. The predicted octanol–water partition coefficient (Wildman–Crippen LogP) is -1.30. The zero-order valence-corrected chi connectivity index (χ0v) is 12.3. The van der Waals surface area contributed by atoms with Gasteiger partial charge in [0.15, 0.2) is 0 Å². The quantitative estimate of drug-likeness (QED) is 0.507. The molecule has 0 spiro atoms. The molecule has 1 aliphatic carbocycles. The van der Waals surface area contributed by atoms with Crippen molar-refractivity contribution in [3.8, 4) is 0 Å². The summed E-state index contributed by atoms with van der Waals surface area (Å²) in [6.45, 7) is 4.24. The highest BCUT2D eigenvalue weighted by molar-refractivity contribution is 5.92. The molecule has 0 unspecified atom stereocenters. The number of rotatable bonds is 1. The summed E-state index contributed by atoms with van der Waals surface area (Å²) in [4.78, 5) is 2.35. The van der Waals surface area contributed by atoms with Crippen molar-refractivity contribution in [3.63, 3.8) is 0 Å². The van der Waals surface area contributed by atoms with E-state index in [1.807, 2.05) is 11.8 Å². The van der Waals surface area contributed by atoms with E-state index >= 15 is 0 Å². The van der Waals surface area contributed by atoms with Gasteiger partial charge in [0.05, 0.1) is 19.1 Å². The van der Waals surface area contributed by atoms with Crippen LogP contribution in [0.3, 0.4) is 0 Å². The van der Waals surface area contributed by atoms with Crippen LogP contribution in [-0.4, -0.2) is 58.1 Å². The van der Waals surface area contributed by atoms with Crippen LogP contribution in [0.25, 0.3) is 0 Å². The Balaban J connectivity index is 1.78. The Labute approximate surface area is 126 Å². The number of hydrogen-bond donors (Lipinski definition) is 1. The highest BCUT2D eigenvalue weighted by Gasteiger charge is 2.65. The molecule has 1 aromatic rings. The minimum absolute atomic E-state index is 0.188. The van der Waals surface area contributed by atoms with Crippen molar-refractivity contribution in [2.45, 2.75) is 31.5 Å². The number of ether oxygens (including phenoxy) is 1. The first-order valence-electron chi connectivity index (χ1n) is 7.51. The molecule has 1 aromatic heterocycles. The lowest BCUT2D eigenvalue weighted by Gasteiger charge is -2.33. The van der Waals surface area contributed by atoms with Gasteiger partial charge in [-0.05, 0) is 4.90 Å². The van der Waals surface area contributed by atoms with Gasteiger partial charge in [-0.15, -0.1) is 0 Å². The van der Waals surface area contributed by atoms with E-state index in [4.69, 9.17) is 4.74 Å². The third kappa shape index (κ3) is 1.61. The zero-order chi connectivity index (χ0) is 15.5. The molecule has 2 aliphatic heterocycles. The van der Waals surface area contributed by atoms with Gasteiger partial charge in [-0.25, -0.2) is 4.90 Å². The summed E-state index contributed by atoms with van der Waals surface area (Å²) in [6.07, 6.45) is 0.203. The SMILES string of the molecule is C[C@@H]1[C@H](N2CCOCC2)[N+]([O-])=C2CCc3c(no[n+]3[O-])[C@@]21O. The molecule has 0 saturated carbocycles. The number of aromatic nitrogens is 2. The van der Waals surface area contributed by atoms with E-state index in [-0.39, 0.29) is 5.69 Å². The number of hydrogen-bond acceptors (Lipinski definition) is 7. The van der Waals surface area contributed by atoms with Gasteiger partial charge < -0.3 is 20.3 Å². The maximum Gasteiger partial charge on any atom is 0.263 e. The smallest absolute Gasteiger partial charge is 0.263 e. The fourth-order valence-corrected chi connectivity index (χ4v) is 3.97. The molecule has 0 amide bonds. The molecule has 120 valence electrons. The molecule has 3 aliphatic rings. The average Bonchev–Trinajstić information content (AvgIpc) is 2.99. The number of nitrogens with zero attached hydrogens (tertiary/aromatic N) is 4. The van der Waals surface area contributed by atoms with Crippen LogP contribution in [-0.2, 0) is 16.8 Å². The lowest BCUT2D eigenvalue weighted by Crippen LogP contribution is -2.51. The highest BCUT2D eigenvalue weighted by atomic mass is 16.8. The van der Waals surface area contributed by atoms with E-state index in [1.165, 1.54) is 0 Å². The van der Waals surface area contributed by atoms with E-state index in [0.29, 0.717) is 55.5 Å². The van der Waals surface area contributed by atoms with Crippen LogP contribution >= 0.6 is 0 Å². The first-order valence-corrected chi connectivity index (χ1v) is 7.51. The third-order valence-corrected chi connectivity index (χ3v) is 5.13. The summed E-state index contributed by atoms with van der Waals surface area (Å²) < 4.78 is 10.9. The lowest BCUT2D eigenvalue weighted by atomic mass is 9.76. The summed E-state index contributed by atoms with van der Waals surface area (Å²) in [6, 6.07) is 0. The minimum Gasteiger partial charge on any atom is -0.623 e. The molecule has 22 heavy (non-hydrogen) atoms. The number of hydroxylamine groups is 1. The van der Waals surface area contributed by atoms with Gasteiger partial charge in [0.2, 0.25) is 23.2 Å². The highest BCUT2D eigenvalue weighted by Crippen LogP contribution is 2.44. The van der Waals surface area contributed by atoms with Gasteiger partial charge in [0, 0.05) is 31.1 Å². The molecule has 3 atom stereocenters. The van der Waals surface area contributed by atoms with Crippen LogP contribution in [0.4, 0.5) is 0 Å². The Kier molecular flexibility index (Phi) is 2.94. The standard InChI is InChI=1S/C13H18N4O5/c1-8-12(15-4-6-21-7-5-15)16(19)10-3-2-9-11(13(8,10)18)14-22-17(9)20/h8,12,18H,2-7H2,1H3/t8-,12-,13+/m1/s1. The van der Waals surface area contributed by atoms with Gasteiger partial charge in [-0.3, -0.25) is 4.63 Å². The molecular weight excluding hydrogens is 292 g/mol. The van der Waals surface area contributed by atoms with Crippen molar-refractivity contribution in [1.29, 1.82) is 0 Å². The Hall–Kier alpha value is -1.71. The Morgan fingerprint density at radius 3 is 2.77 bits per heavy atom. The Morgan fingerprint density at radius 2 is 2.05 bits per heavy atom. The second-order valence-corrected chi connectivity index (χ2v) is 6.11. The molecule has 9 nitrogen and oxygen atoms in total. The van der Waals surface area contributed by atoms with Crippen molar-refractivity contribution < 1.29 is 24.1 Å². The molecule has 1 N–H and O–H groups in total. The molecular formula is C13H18N4O5. The zero-order valence-electron chi connectivity index (χ0n) is 12.3. The van der Waals surface area contributed by atoms with E-state index < -0.39 is 17.7 Å². The molecule has 4 rings (SSSR count). The number of morpholine rings is 1. The van der Waals surface area contributed by atoms with Crippen LogP contribution in [0.1, 0.15) is 24.7 Å². The van der Waals surface area contributed by atoms with Crippen LogP contribution in [0.5, 0.6) is 0 Å². The largest absolute Gasteiger partial charge is 0.623 e. The molecule has 0 bridgehead atoms. The molecule has 1 fully saturated rings. The third-order valence-electron chi connectivity index (χ3n) is 5.13. The molecule has 1 saturated heterocycles. The van der Waals surface area contributed by atoms with Crippen molar-refractivity contribution in [2.24, 2.45) is 5.92 Å². The van der Waals surface area contributed by atoms with Crippen LogP contribution in [0.2, 0.25) is 0 Å². The van der Waals surface area contributed by atoms with E-state index in [0.717, 1.165) is 4.74 Å². The summed E-state index contributed by atoms with van der Waals surface area (Å²) in [5, 5.41) is 39.3. The normalized spacial score (nSPS) is 35.5. The molecule has 3 heterocycles. The molecule has 0 radical (unpaired) electrons. The number of fused-ring (bicyclic) bond motifs is 3. The first kappa shape index (κ1) is 13.9. The van der Waals surface area contributed by atoms with Gasteiger partial charge >= 0.3 is 0 Å². The van der Waals surface area contributed by atoms with Gasteiger partial charge in [-0.2, -0.15) is 4.74 Å². The summed E-state index contributed by atoms with van der Waals surface area (Å²) in [5.41, 5.74) is -0.655. The van der Waals surface area contributed by atoms with Gasteiger partial charge in [0.1, 0.15) is 0 Å². The van der Waals surface area contributed by atoms with E-state index in [9.17, 15) is 15.5 Å². The maximum absolute atomic E-state index is 12.8. The van der Waals surface area contributed by atoms with E-state index in [2.05, 4.69) is 9.79 Å². The summed E-state index contributed by atoms with van der Waals surface area (Å²) >= 11 is 0. The second kappa shape index (κ2) is 4.64. The van der Waals surface area contributed by atoms with Crippen LogP contribution in [0.15, 0.2) is 4.63 Å². The predicted molar refractivity (Wildman–Crippen MR) is 71.7 cm³/mol. The van der Waals surface area contributed by atoms with Gasteiger partial charge in [0.25, 0.3) is 5.69 Å². The fourth-order valence-electron chi connectivity index (χ4n) is 3.97. The van der Waals surface area contributed by atoms with Crippen molar-refractivity contribution in [1.82, 2.24) is 10.1 Å². The Bertz CT molecular complexity index is 638. The molecule has 0 aromatic carbocycles. The average molecular weight is 310 g/mol. The topological polar surface area (TPSA) is 112 Å².